The number of hydrogen-bond donors (Lipinski definition) is 0. The molecule has 0 saturated carbocycles. The van der Waals surface area contributed by atoms with Crippen LogP contribution in [0, 0.1) is 0 Å². The first-order chi connectivity index (χ1) is 10.1. The van der Waals surface area contributed by atoms with E-state index in [1.807, 2.05) is 6.92 Å². The SMILES string of the molecule is CCOc1c(C(C)(C)C)cc2cc(C(C)(C)C)ccc2c1Br. The summed E-state index contributed by atoms with van der Waals surface area (Å²) in [6, 6.07) is 9.03. The number of rotatable bonds is 2. The molecule has 2 rings (SSSR count). The molecule has 0 atom stereocenters. The summed E-state index contributed by atoms with van der Waals surface area (Å²) in [6.45, 7) is 16.2. The predicted octanol–water partition coefficient (Wildman–Crippen LogP) is 6.60. The third-order valence-electron chi connectivity index (χ3n) is 3.99. The molecule has 0 saturated heterocycles. The Labute approximate surface area is 143 Å². The summed E-state index contributed by atoms with van der Waals surface area (Å²) in [4.78, 5) is 0. The maximum absolute atomic E-state index is 5.95. The summed E-state index contributed by atoms with van der Waals surface area (Å²) in [5.74, 6) is 0.978. The smallest absolute Gasteiger partial charge is 0.137 e. The van der Waals surface area contributed by atoms with Crippen molar-refractivity contribution in [3.63, 3.8) is 0 Å². The van der Waals surface area contributed by atoms with Crippen molar-refractivity contribution in [1.29, 1.82) is 0 Å². The molecule has 0 fully saturated rings. The van der Waals surface area contributed by atoms with E-state index in [-0.39, 0.29) is 10.8 Å². The van der Waals surface area contributed by atoms with Gasteiger partial charge in [-0.15, -0.1) is 0 Å². The zero-order chi connectivity index (χ0) is 16.7. The molecule has 0 spiro atoms. The second-order valence-corrected chi connectivity index (χ2v) is 8.73. The van der Waals surface area contributed by atoms with Crippen molar-refractivity contribution in [2.24, 2.45) is 0 Å². The Morgan fingerprint density at radius 1 is 0.955 bits per heavy atom. The van der Waals surface area contributed by atoms with Crippen LogP contribution in [0.5, 0.6) is 5.75 Å². The van der Waals surface area contributed by atoms with Crippen molar-refractivity contribution in [3.05, 3.63) is 39.9 Å². The maximum atomic E-state index is 5.95. The first-order valence-electron chi connectivity index (χ1n) is 7.95. The second kappa shape index (κ2) is 5.88. The molecule has 22 heavy (non-hydrogen) atoms. The summed E-state index contributed by atoms with van der Waals surface area (Å²) in [5, 5.41) is 2.48. The van der Waals surface area contributed by atoms with Gasteiger partial charge >= 0.3 is 0 Å². The van der Waals surface area contributed by atoms with Crippen LogP contribution in [0.3, 0.4) is 0 Å². The molecule has 2 aromatic carbocycles. The number of benzene rings is 2. The Balaban J connectivity index is 2.79. The van der Waals surface area contributed by atoms with Gasteiger partial charge in [-0.3, -0.25) is 0 Å². The fourth-order valence-corrected chi connectivity index (χ4v) is 3.34. The van der Waals surface area contributed by atoms with Crippen molar-refractivity contribution in [3.8, 4) is 5.75 Å². The zero-order valence-corrected chi connectivity index (χ0v) is 16.4. The number of hydrogen-bond acceptors (Lipinski definition) is 1. The monoisotopic (exact) mass is 362 g/mol. The molecule has 0 N–H and O–H groups in total. The average molecular weight is 363 g/mol. The van der Waals surface area contributed by atoms with Crippen LogP contribution < -0.4 is 4.74 Å². The van der Waals surface area contributed by atoms with Gasteiger partial charge in [-0.2, -0.15) is 0 Å². The molecule has 0 unspecified atom stereocenters. The lowest BCUT2D eigenvalue weighted by atomic mass is 9.82. The van der Waals surface area contributed by atoms with E-state index in [1.54, 1.807) is 0 Å². The van der Waals surface area contributed by atoms with Crippen molar-refractivity contribution < 1.29 is 4.74 Å². The Morgan fingerprint density at radius 3 is 2.09 bits per heavy atom. The van der Waals surface area contributed by atoms with Crippen molar-refractivity contribution >= 4 is 26.7 Å². The highest BCUT2D eigenvalue weighted by Crippen LogP contribution is 2.42. The Bertz CT molecular complexity index is 687. The standard InChI is InChI=1S/C20H27BrO/c1-8-22-18-16(20(5,6)7)12-13-11-14(19(2,3)4)9-10-15(13)17(18)21/h9-12H,8H2,1-7H3. The molecule has 0 aliphatic rings. The van der Waals surface area contributed by atoms with Gasteiger partial charge in [0.15, 0.2) is 0 Å². The molecule has 0 bridgehead atoms. The Kier molecular flexibility index (Phi) is 4.64. The predicted molar refractivity (Wildman–Crippen MR) is 100 cm³/mol. The fraction of sp³-hybridized carbons (Fsp3) is 0.500. The van der Waals surface area contributed by atoms with E-state index < -0.39 is 0 Å². The molecule has 0 aliphatic heterocycles. The maximum Gasteiger partial charge on any atom is 0.137 e. The highest BCUT2D eigenvalue weighted by molar-refractivity contribution is 9.10. The molecule has 0 amide bonds. The molecule has 0 aromatic heterocycles. The van der Waals surface area contributed by atoms with Gasteiger partial charge < -0.3 is 4.74 Å². The van der Waals surface area contributed by atoms with Gasteiger partial charge in [0.05, 0.1) is 11.1 Å². The van der Waals surface area contributed by atoms with Crippen LogP contribution in [0.2, 0.25) is 0 Å². The normalized spacial score (nSPS) is 12.7. The fourth-order valence-electron chi connectivity index (χ4n) is 2.65. The topological polar surface area (TPSA) is 9.23 Å². The highest BCUT2D eigenvalue weighted by atomic mass is 79.9. The van der Waals surface area contributed by atoms with Crippen molar-refractivity contribution in [2.45, 2.75) is 59.3 Å². The molecule has 0 aliphatic carbocycles. The molecule has 120 valence electrons. The quantitative estimate of drug-likeness (QED) is 0.584. The van der Waals surface area contributed by atoms with E-state index >= 15 is 0 Å². The van der Waals surface area contributed by atoms with Crippen LogP contribution in [0.1, 0.15) is 59.6 Å². The van der Waals surface area contributed by atoms with Gasteiger partial charge in [0.25, 0.3) is 0 Å². The van der Waals surface area contributed by atoms with Crippen LogP contribution in [-0.4, -0.2) is 6.61 Å². The lowest BCUT2D eigenvalue weighted by molar-refractivity contribution is 0.328. The summed E-state index contributed by atoms with van der Waals surface area (Å²) >= 11 is 3.78. The van der Waals surface area contributed by atoms with Crippen LogP contribution >= 0.6 is 15.9 Å². The van der Waals surface area contributed by atoms with Gasteiger partial charge in [0.2, 0.25) is 0 Å². The first-order valence-corrected chi connectivity index (χ1v) is 8.75. The van der Waals surface area contributed by atoms with E-state index in [4.69, 9.17) is 4.74 Å². The van der Waals surface area contributed by atoms with Gasteiger partial charge in [0, 0.05) is 5.56 Å². The minimum absolute atomic E-state index is 0.0406. The lowest BCUT2D eigenvalue weighted by Gasteiger charge is -2.26. The third kappa shape index (κ3) is 3.32. The van der Waals surface area contributed by atoms with Crippen LogP contribution in [0.15, 0.2) is 28.7 Å². The van der Waals surface area contributed by atoms with Gasteiger partial charge in [-0.25, -0.2) is 0 Å². The van der Waals surface area contributed by atoms with Gasteiger partial charge in [-0.1, -0.05) is 59.7 Å². The number of halogens is 1. The molecule has 2 heteroatoms. The molecule has 2 aromatic rings. The largest absolute Gasteiger partial charge is 0.492 e. The molecule has 1 nitrogen and oxygen atoms in total. The molecule has 0 radical (unpaired) electrons. The van der Waals surface area contributed by atoms with Gasteiger partial charge in [0.1, 0.15) is 5.75 Å². The Morgan fingerprint density at radius 2 is 1.59 bits per heavy atom. The molecular weight excluding hydrogens is 336 g/mol. The Hall–Kier alpha value is -1.02. The average Bonchev–Trinajstić information content (AvgIpc) is 2.39. The number of fused-ring (bicyclic) bond motifs is 1. The summed E-state index contributed by atoms with van der Waals surface area (Å²) in [6.07, 6.45) is 0. The van der Waals surface area contributed by atoms with E-state index in [9.17, 15) is 0 Å². The van der Waals surface area contributed by atoms with Crippen LogP contribution in [0.4, 0.5) is 0 Å². The molecule has 0 heterocycles. The third-order valence-corrected chi connectivity index (χ3v) is 4.78. The van der Waals surface area contributed by atoms with Crippen molar-refractivity contribution in [2.75, 3.05) is 6.61 Å². The van der Waals surface area contributed by atoms with Crippen LogP contribution in [0.25, 0.3) is 10.8 Å². The lowest BCUT2D eigenvalue weighted by Crippen LogP contribution is -2.14. The minimum atomic E-state index is 0.0406. The minimum Gasteiger partial charge on any atom is -0.492 e. The van der Waals surface area contributed by atoms with Crippen molar-refractivity contribution in [1.82, 2.24) is 0 Å². The number of ether oxygens (including phenoxy) is 1. The van der Waals surface area contributed by atoms with E-state index in [2.05, 4.69) is 81.7 Å². The summed E-state index contributed by atoms with van der Waals surface area (Å²) in [7, 11) is 0. The second-order valence-electron chi connectivity index (χ2n) is 7.94. The summed E-state index contributed by atoms with van der Waals surface area (Å²) in [5.41, 5.74) is 2.80. The summed E-state index contributed by atoms with van der Waals surface area (Å²) < 4.78 is 7.02. The first kappa shape index (κ1) is 17.3. The highest BCUT2D eigenvalue weighted by Gasteiger charge is 2.23. The van der Waals surface area contributed by atoms with E-state index in [0.29, 0.717) is 6.61 Å². The van der Waals surface area contributed by atoms with E-state index in [1.165, 1.54) is 21.9 Å². The van der Waals surface area contributed by atoms with Gasteiger partial charge in [-0.05, 0) is 56.1 Å². The van der Waals surface area contributed by atoms with E-state index in [0.717, 1.165) is 10.2 Å². The van der Waals surface area contributed by atoms with Crippen LogP contribution in [-0.2, 0) is 10.8 Å². The zero-order valence-electron chi connectivity index (χ0n) is 14.8. The molecular formula is C20H27BrO.